The molecule has 0 aliphatic rings. The maximum Gasteiger partial charge on any atom is 0.201 e. The SMILES string of the molecule is C[NH+](C)CCCn1c(N)nc2ccccc21. The lowest BCUT2D eigenvalue weighted by molar-refractivity contribution is -0.858. The standard InChI is InChI=1S/C12H18N4/c1-15(2)8-5-9-16-11-7-4-3-6-10(11)14-12(16)13/h3-4,6-7H,5,8-9H2,1-2H3,(H2,13,14)/p+1. The number of anilines is 1. The molecule has 4 nitrogen and oxygen atoms in total. The van der Waals surface area contributed by atoms with Crippen molar-refractivity contribution < 1.29 is 4.90 Å². The highest BCUT2D eigenvalue weighted by Crippen LogP contribution is 2.17. The van der Waals surface area contributed by atoms with Gasteiger partial charge in [-0.15, -0.1) is 0 Å². The van der Waals surface area contributed by atoms with E-state index in [2.05, 4.69) is 29.7 Å². The van der Waals surface area contributed by atoms with E-state index in [9.17, 15) is 0 Å². The predicted octanol–water partition coefficient (Wildman–Crippen LogP) is 0.153. The number of aromatic nitrogens is 2. The second kappa shape index (κ2) is 4.53. The third-order valence-corrected chi connectivity index (χ3v) is 2.74. The number of nitrogens with one attached hydrogen (secondary N) is 1. The Labute approximate surface area is 95.7 Å². The van der Waals surface area contributed by atoms with Gasteiger partial charge in [0.05, 0.1) is 31.7 Å². The molecule has 0 aliphatic heterocycles. The summed E-state index contributed by atoms with van der Waals surface area (Å²) in [5, 5.41) is 0. The molecule has 0 fully saturated rings. The number of aryl methyl sites for hydroxylation is 1. The van der Waals surface area contributed by atoms with Crippen molar-refractivity contribution in [3.05, 3.63) is 24.3 Å². The number of nitrogen functional groups attached to an aromatic ring is 1. The molecule has 1 heterocycles. The van der Waals surface area contributed by atoms with E-state index in [4.69, 9.17) is 5.73 Å². The minimum Gasteiger partial charge on any atom is -0.369 e. The Kier molecular flexibility index (Phi) is 3.10. The Morgan fingerprint density at radius 1 is 1.31 bits per heavy atom. The summed E-state index contributed by atoms with van der Waals surface area (Å²) >= 11 is 0. The largest absolute Gasteiger partial charge is 0.369 e. The molecule has 0 atom stereocenters. The van der Waals surface area contributed by atoms with Gasteiger partial charge in [-0.1, -0.05) is 12.1 Å². The molecule has 0 amide bonds. The Hall–Kier alpha value is -1.55. The van der Waals surface area contributed by atoms with Gasteiger partial charge in [-0.2, -0.15) is 0 Å². The fourth-order valence-electron chi connectivity index (χ4n) is 1.92. The molecule has 3 N–H and O–H groups in total. The third kappa shape index (κ3) is 2.17. The van der Waals surface area contributed by atoms with Crippen LogP contribution in [0.15, 0.2) is 24.3 Å². The summed E-state index contributed by atoms with van der Waals surface area (Å²) in [4.78, 5) is 5.81. The van der Waals surface area contributed by atoms with E-state index in [1.54, 1.807) is 0 Å². The first kappa shape index (κ1) is 11.0. The number of benzene rings is 1. The van der Waals surface area contributed by atoms with Crippen LogP contribution in [0, 0.1) is 0 Å². The molecule has 0 bridgehead atoms. The minimum atomic E-state index is 0.620. The summed E-state index contributed by atoms with van der Waals surface area (Å²) in [5.74, 6) is 0.620. The van der Waals surface area contributed by atoms with Crippen LogP contribution in [-0.2, 0) is 6.54 Å². The zero-order valence-corrected chi connectivity index (χ0v) is 9.90. The smallest absolute Gasteiger partial charge is 0.201 e. The van der Waals surface area contributed by atoms with Gasteiger partial charge in [-0.25, -0.2) is 4.98 Å². The number of nitrogens with zero attached hydrogens (tertiary/aromatic N) is 2. The highest BCUT2D eigenvalue weighted by atomic mass is 15.2. The van der Waals surface area contributed by atoms with Crippen LogP contribution >= 0.6 is 0 Å². The quantitative estimate of drug-likeness (QED) is 0.769. The van der Waals surface area contributed by atoms with Gasteiger partial charge in [0.25, 0.3) is 0 Å². The summed E-state index contributed by atoms with van der Waals surface area (Å²) < 4.78 is 2.10. The van der Waals surface area contributed by atoms with E-state index in [0.717, 1.165) is 30.5 Å². The Bertz CT molecular complexity index is 473. The van der Waals surface area contributed by atoms with Crippen molar-refractivity contribution in [3.8, 4) is 0 Å². The monoisotopic (exact) mass is 219 g/mol. The fraction of sp³-hybridized carbons (Fsp3) is 0.417. The van der Waals surface area contributed by atoms with Gasteiger partial charge >= 0.3 is 0 Å². The van der Waals surface area contributed by atoms with Crippen molar-refractivity contribution in [1.82, 2.24) is 9.55 Å². The van der Waals surface area contributed by atoms with Crippen molar-refractivity contribution >= 4 is 17.0 Å². The lowest BCUT2D eigenvalue weighted by Gasteiger charge is -2.09. The van der Waals surface area contributed by atoms with E-state index in [0.29, 0.717) is 5.95 Å². The molecule has 0 saturated heterocycles. The summed E-state index contributed by atoms with van der Waals surface area (Å²) in [6, 6.07) is 8.08. The predicted molar refractivity (Wildman–Crippen MR) is 66.4 cm³/mol. The lowest BCUT2D eigenvalue weighted by atomic mass is 10.3. The number of quaternary nitrogens is 1. The molecule has 0 radical (unpaired) electrons. The zero-order chi connectivity index (χ0) is 11.5. The molecule has 0 aliphatic carbocycles. The number of para-hydroxylation sites is 2. The van der Waals surface area contributed by atoms with Crippen molar-refractivity contribution in [3.63, 3.8) is 0 Å². The number of hydrogen-bond acceptors (Lipinski definition) is 2. The Balaban J connectivity index is 2.19. The van der Waals surface area contributed by atoms with Gasteiger partial charge in [-0.05, 0) is 12.1 Å². The van der Waals surface area contributed by atoms with Crippen molar-refractivity contribution in [1.29, 1.82) is 0 Å². The number of nitrogens with two attached hydrogens (primary N) is 1. The molecule has 2 rings (SSSR count). The topological polar surface area (TPSA) is 48.3 Å². The van der Waals surface area contributed by atoms with E-state index in [1.807, 2.05) is 18.2 Å². The van der Waals surface area contributed by atoms with Crippen LogP contribution in [0.5, 0.6) is 0 Å². The summed E-state index contributed by atoms with van der Waals surface area (Å²) in [6.07, 6.45) is 1.12. The maximum absolute atomic E-state index is 5.92. The average Bonchev–Trinajstić information content (AvgIpc) is 2.55. The summed E-state index contributed by atoms with van der Waals surface area (Å²) in [6.45, 7) is 2.09. The third-order valence-electron chi connectivity index (χ3n) is 2.74. The number of fused-ring (bicyclic) bond motifs is 1. The van der Waals surface area contributed by atoms with Crippen LogP contribution < -0.4 is 10.6 Å². The van der Waals surface area contributed by atoms with Crippen LogP contribution in [0.25, 0.3) is 11.0 Å². The Morgan fingerprint density at radius 3 is 2.81 bits per heavy atom. The summed E-state index contributed by atoms with van der Waals surface area (Å²) in [7, 11) is 4.32. The van der Waals surface area contributed by atoms with Crippen LogP contribution in [0.3, 0.4) is 0 Å². The number of imidazole rings is 1. The van der Waals surface area contributed by atoms with Crippen LogP contribution in [0.2, 0.25) is 0 Å². The van der Waals surface area contributed by atoms with Gasteiger partial charge in [0.1, 0.15) is 0 Å². The second-order valence-electron chi connectivity index (χ2n) is 4.42. The van der Waals surface area contributed by atoms with Crippen LogP contribution in [0.4, 0.5) is 5.95 Å². The van der Waals surface area contributed by atoms with Crippen molar-refractivity contribution in [2.45, 2.75) is 13.0 Å². The molecule has 1 aromatic carbocycles. The molecular weight excluding hydrogens is 200 g/mol. The molecule has 0 unspecified atom stereocenters. The molecule has 4 heteroatoms. The molecule has 86 valence electrons. The van der Waals surface area contributed by atoms with E-state index < -0.39 is 0 Å². The lowest BCUT2D eigenvalue weighted by Crippen LogP contribution is -3.05. The average molecular weight is 219 g/mol. The fourth-order valence-corrected chi connectivity index (χ4v) is 1.92. The van der Waals surface area contributed by atoms with Gasteiger partial charge in [0.15, 0.2) is 0 Å². The van der Waals surface area contributed by atoms with Gasteiger partial charge in [0.2, 0.25) is 5.95 Å². The van der Waals surface area contributed by atoms with Gasteiger partial charge in [-0.3, -0.25) is 0 Å². The van der Waals surface area contributed by atoms with Gasteiger partial charge < -0.3 is 15.2 Å². The van der Waals surface area contributed by atoms with Gasteiger partial charge in [0, 0.05) is 13.0 Å². The molecular formula is C12H19N4+. The van der Waals surface area contributed by atoms with E-state index in [-0.39, 0.29) is 0 Å². The van der Waals surface area contributed by atoms with Crippen molar-refractivity contribution in [2.75, 3.05) is 26.4 Å². The highest BCUT2D eigenvalue weighted by molar-refractivity contribution is 5.78. The highest BCUT2D eigenvalue weighted by Gasteiger charge is 2.07. The van der Waals surface area contributed by atoms with E-state index >= 15 is 0 Å². The van der Waals surface area contributed by atoms with Crippen LogP contribution in [-0.4, -0.2) is 30.2 Å². The molecule has 0 spiro atoms. The normalized spacial score (nSPS) is 11.4. The zero-order valence-electron chi connectivity index (χ0n) is 9.90. The summed E-state index contributed by atoms with van der Waals surface area (Å²) in [5.41, 5.74) is 8.03. The second-order valence-corrected chi connectivity index (χ2v) is 4.42. The van der Waals surface area contributed by atoms with Crippen molar-refractivity contribution in [2.24, 2.45) is 0 Å². The molecule has 2 aromatic rings. The molecule has 16 heavy (non-hydrogen) atoms. The number of hydrogen-bond donors (Lipinski definition) is 2. The number of rotatable bonds is 4. The Morgan fingerprint density at radius 2 is 2.06 bits per heavy atom. The molecule has 0 saturated carbocycles. The first-order valence-electron chi connectivity index (χ1n) is 5.68. The minimum absolute atomic E-state index is 0.620. The first-order chi connectivity index (χ1) is 7.68. The molecule has 1 aromatic heterocycles. The van der Waals surface area contributed by atoms with E-state index in [1.165, 1.54) is 4.90 Å². The van der Waals surface area contributed by atoms with Crippen LogP contribution in [0.1, 0.15) is 6.42 Å². The maximum atomic E-state index is 5.92. The first-order valence-corrected chi connectivity index (χ1v) is 5.68.